The van der Waals surface area contributed by atoms with Crippen molar-refractivity contribution in [2.24, 2.45) is 0 Å². The molecule has 2 aromatic rings. The van der Waals surface area contributed by atoms with E-state index in [0.29, 0.717) is 16.9 Å². The molecule has 0 spiro atoms. The van der Waals surface area contributed by atoms with Crippen molar-refractivity contribution in [1.29, 1.82) is 0 Å². The number of aromatic nitrogens is 1. The third kappa shape index (κ3) is 2.86. The maximum atomic E-state index is 11.9. The molecule has 0 saturated heterocycles. The van der Waals surface area contributed by atoms with Gasteiger partial charge in [0.25, 0.3) is 5.69 Å². The predicted octanol–water partition coefficient (Wildman–Crippen LogP) is 2.78. The summed E-state index contributed by atoms with van der Waals surface area (Å²) in [5.74, 6) is -0.0863. The van der Waals surface area contributed by atoms with E-state index in [1.54, 1.807) is 19.2 Å². The molecular formula is C14H14N2O5. The highest BCUT2D eigenvalue weighted by molar-refractivity contribution is 5.96. The summed E-state index contributed by atoms with van der Waals surface area (Å²) in [7, 11) is 1.46. The highest BCUT2D eigenvalue weighted by Gasteiger charge is 2.20. The van der Waals surface area contributed by atoms with E-state index in [9.17, 15) is 14.9 Å². The van der Waals surface area contributed by atoms with Crippen LogP contribution < -0.4 is 4.74 Å². The number of carbonyl (C=O) groups excluding carboxylic acids is 1. The molecule has 0 aliphatic heterocycles. The molecule has 0 unspecified atom stereocenters. The van der Waals surface area contributed by atoms with Crippen LogP contribution in [0.5, 0.6) is 5.75 Å². The molecule has 110 valence electrons. The number of hydrogen-bond donors (Lipinski definition) is 1. The molecule has 7 nitrogen and oxygen atoms in total. The van der Waals surface area contributed by atoms with Crippen molar-refractivity contribution in [2.75, 3.05) is 13.7 Å². The fraction of sp³-hybridized carbons (Fsp3) is 0.214. The molecule has 0 fully saturated rings. The minimum atomic E-state index is -0.522. The third-order valence-corrected chi connectivity index (χ3v) is 2.91. The second-order valence-corrected chi connectivity index (χ2v) is 4.13. The summed E-state index contributed by atoms with van der Waals surface area (Å²) >= 11 is 0. The van der Waals surface area contributed by atoms with E-state index in [2.05, 4.69) is 4.98 Å². The van der Waals surface area contributed by atoms with Gasteiger partial charge in [-0.15, -0.1) is 0 Å². The van der Waals surface area contributed by atoms with Crippen molar-refractivity contribution >= 4 is 11.7 Å². The number of methoxy groups -OCH3 is 1. The van der Waals surface area contributed by atoms with E-state index in [0.717, 1.165) is 0 Å². The Morgan fingerprint density at radius 3 is 2.71 bits per heavy atom. The zero-order valence-corrected chi connectivity index (χ0v) is 11.6. The van der Waals surface area contributed by atoms with Crippen molar-refractivity contribution in [3.05, 3.63) is 46.3 Å². The molecule has 0 atom stereocenters. The van der Waals surface area contributed by atoms with Gasteiger partial charge in [0.1, 0.15) is 11.4 Å². The average Bonchev–Trinajstić information content (AvgIpc) is 2.96. The quantitative estimate of drug-likeness (QED) is 0.519. The number of aromatic amines is 1. The Morgan fingerprint density at radius 2 is 2.10 bits per heavy atom. The molecule has 0 aliphatic carbocycles. The molecule has 1 aromatic heterocycles. The summed E-state index contributed by atoms with van der Waals surface area (Å²) in [4.78, 5) is 25.1. The number of nitro groups is 1. The number of rotatable bonds is 5. The Hall–Kier alpha value is -2.83. The first-order valence-electron chi connectivity index (χ1n) is 6.25. The zero-order chi connectivity index (χ0) is 15.4. The normalized spacial score (nSPS) is 10.2. The number of H-pyrrole nitrogens is 1. The van der Waals surface area contributed by atoms with Crippen molar-refractivity contribution in [1.82, 2.24) is 4.98 Å². The van der Waals surface area contributed by atoms with Crippen LogP contribution in [-0.2, 0) is 4.74 Å². The SMILES string of the molecule is CCOC(=O)c1[nH]ccc1-c1cc([N+](=O)[O-])ccc1OC. The summed E-state index contributed by atoms with van der Waals surface area (Å²) in [6, 6.07) is 5.85. The fourth-order valence-electron chi connectivity index (χ4n) is 1.99. The lowest BCUT2D eigenvalue weighted by molar-refractivity contribution is -0.384. The summed E-state index contributed by atoms with van der Waals surface area (Å²) in [5, 5.41) is 10.9. The zero-order valence-electron chi connectivity index (χ0n) is 11.6. The molecule has 0 aliphatic rings. The van der Waals surface area contributed by atoms with Gasteiger partial charge in [-0.05, 0) is 19.1 Å². The van der Waals surface area contributed by atoms with Gasteiger partial charge in [0.05, 0.1) is 18.6 Å². The Morgan fingerprint density at radius 1 is 1.33 bits per heavy atom. The largest absolute Gasteiger partial charge is 0.496 e. The van der Waals surface area contributed by atoms with Crippen molar-refractivity contribution in [3.63, 3.8) is 0 Å². The van der Waals surface area contributed by atoms with Gasteiger partial charge in [0.15, 0.2) is 0 Å². The summed E-state index contributed by atoms with van der Waals surface area (Å²) in [6.07, 6.45) is 1.57. The fourth-order valence-corrected chi connectivity index (χ4v) is 1.99. The standard InChI is InChI=1S/C14H14N2O5/c1-3-21-14(17)13-10(6-7-15-13)11-8-9(16(18)19)4-5-12(11)20-2/h4-8,15H,3H2,1-2H3. The molecule has 0 amide bonds. The van der Waals surface area contributed by atoms with Crippen LogP contribution in [0.1, 0.15) is 17.4 Å². The van der Waals surface area contributed by atoms with Gasteiger partial charge in [0.2, 0.25) is 0 Å². The van der Waals surface area contributed by atoms with Gasteiger partial charge in [-0.3, -0.25) is 10.1 Å². The van der Waals surface area contributed by atoms with Crippen LogP contribution in [-0.4, -0.2) is 29.6 Å². The van der Waals surface area contributed by atoms with Gasteiger partial charge in [-0.1, -0.05) is 0 Å². The van der Waals surface area contributed by atoms with E-state index in [1.807, 2.05) is 0 Å². The Labute approximate surface area is 120 Å². The first kappa shape index (κ1) is 14.6. The van der Waals surface area contributed by atoms with Gasteiger partial charge >= 0.3 is 5.97 Å². The van der Waals surface area contributed by atoms with E-state index < -0.39 is 10.9 Å². The van der Waals surface area contributed by atoms with E-state index in [4.69, 9.17) is 9.47 Å². The number of hydrogen-bond acceptors (Lipinski definition) is 5. The Kier molecular flexibility index (Phi) is 4.22. The van der Waals surface area contributed by atoms with E-state index in [-0.39, 0.29) is 18.0 Å². The van der Waals surface area contributed by atoms with Crippen LogP contribution in [0.25, 0.3) is 11.1 Å². The average molecular weight is 290 g/mol. The molecule has 1 heterocycles. The number of benzene rings is 1. The summed E-state index contributed by atoms with van der Waals surface area (Å²) in [5.41, 5.74) is 1.10. The first-order chi connectivity index (χ1) is 10.1. The molecule has 2 rings (SSSR count). The highest BCUT2D eigenvalue weighted by Crippen LogP contribution is 2.35. The molecule has 21 heavy (non-hydrogen) atoms. The molecule has 0 saturated carbocycles. The van der Waals surface area contributed by atoms with Gasteiger partial charge < -0.3 is 14.5 Å². The molecule has 1 aromatic carbocycles. The van der Waals surface area contributed by atoms with Gasteiger partial charge in [-0.25, -0.2) is 4.79 Å². The third-order valence-electron chi connectivity index (χ3n) is 2.91. The van der Waals surface area contributed by atoms with Gasteiger partial charge in [-0.2, -0.15) is 0 Å². The number of nitrogens with one attached hydrogen (secondary N) is 1. The smallest absolute Gasteiger partial charge is 0.355 e. The van der Waals surface area contributed by atoms with Crippen LogP contribution in [0, 0.1) is 10.1 Å². The number of nitrogens with zero attached hydrogens (tertiary/aromatic N) is 1. The minimum Gasteiger partial charge on any atom is -0.496 e. The van der Waals surface area contributed by atoms with Crippen LogP contribution in [0.3, 0.4) is 0 Å². The highest BCUT2D eigenvalue weighted by atomic mass is 16.6. The van der Waals surface area contributed by atoms with Gasteiger partial charge in [0, 0.05) is 29.5 Å². The van der Waals surface area contributed by atoms with Crippen molar-refractivity contribution < 1.29 is 19.2 Å². The number of non-ortho nitro benzene ring substituents is 1. The lowest BCUT2D eigenvalue weighted by atomic mass is 10.0. The van der Waals surface area contributed by atoms with Crippen LogP contribution in [0.4, 0.5) is 5.69 Å². The lowest BCUT2D eigenvalue weighted by Gasteiger charge is -2.09. The minimum absolute atomic E-state index is 0.0817. The Bertz CT molecular complexity index is 678. The summed E-state index contributed by atoms with van der Waals surface area (Å²) < 4.78 is 10.2. The van der Waals surface area contributed by atoms with Crippen LogP contribution in [0.2, 0.25) is 0 Å². The maximum absolute atomic E-state index is 11.9. The number of ether oxygens (including phenoxy) is 2. The van der Waals surface area contributed by atoms with E-state index >= 15 is 0 Å². The second-order valence-electron chi connectivity index (χ2n) is 4.13. The van der Waals surface area contributed by atoms with Crippen molar-refractivity contribution in [2.45, 2.75) is 6.92 Å². The van der Waals surface area contributed by atoms with Crippen LogP contribution in [0.15, 0.2) is 30.5 Å². The van der Waals surface area contributed by atoms with E-state index in [1.165, 1.54) is 25.3 Å². The topological polar surface area (TPSA) is 94.5 Å². The first-order valence-corrected chi connectivity index (χ1v) is 6.25. The molecule has 0 bridgehead atoms. The second kappa shape index (κ2) is 6.08. The predicted molar refractivity (Wildman–Crippen MR) is 75.4 cm³/mol. The Balaban J connectivity index is 2.55. The van der Waals surface area contributed by atoms with Crippen molar-refractivity contribution in [3.8, 4) is 16.9 Å². The molecule has 1 N–H and O–H groups in total. The summed E-state index contributed by atoms with van der Waals surface area (Å²) in [6.45, 7) is 1.94. The maximum Gasteiger partial charge on any atom is 0.355 e. The number of nitro benzene ring substituents is 1. The lowest BCUT2D eigenvalue weighted by Crippen LogP contribution is -2.06. The molecular weight excluding hydrogens is 276 g/mol. The number of esters is 1. The monoisotopic (exact) mass is 290 g/mol. The molecule has 7 heteroatoms. The van der Waals surface area contributed by atoms with Crippen LogP contribution >= 0.6 is 0 Å². The molecule has 0 radical (unpaired) electrons. The number of carbonyl (C=O) groups is 1.